The van der Waals surface area contributed by atoms with Crippen LogP contribution in [0.15, 0.2) is 24.3 Å². The SMILES string of the molecule is CCOc1ccccc1C(CN(C)C(C)CC(C)C)NC. The maximum Gasteiger partial charge on any atom is 0.124 e. The van der Waals surface area contributed by atoms with Crippen molar-refractivity contribution < 1.29 is 4.74 Å². The minimum absolute atomic E-state index is 0.285. The number of nitrogens with one attached hydrogen (secondary N) is 1. The lowest BCUT2D eigenvalue weighted by atomic mass is 10.0. The number of hydrogen-bond acceptors (Lipinski definition) is 3. The molecule has 3 nitrogen and oxygen atoms in total. The zero-order valence-corrected chi connectivity index (χ0v) is 14.5. The Morgan fingerprint density at radius 1 is 1.19 bits per heavy atom. The summed E-state index contributed by atoms with van der Waals surface area (Å²) in [7, 11) is 4.23. The molecule has 0 saturated carbocycles. The molecule has 2 atom stereocenters. The molecule has 0 heterocycles. The van der Waals surface area contributed by atoms with Crippen molar-refractivity contribution in [2.45, 2.75) is 46.2 Å². The Balaban J connectivity index is 2.79. The van der Waals surface area contributed by atoms with Crippen LogP contribution in [-0.2, 0) is 0 Å². The molecular formula is C18H32N2O. The average molecular weight is 292 g/mol. The molecule has 1 N–H and O–H groups in total. The van der Waals surface area contributed by atoms with Gasteiger partial charge in [0.05, 0.1) is 6.61 Å². The first kappa shape index (κ1) is 18.0. The largest absolute Gasteiger partial charge is 0.494 e. The maximum absolute atomic E-state index is 5.77. The van der Waals surface area contributed by atoms with E-state index >= 15 is 0 Å². The summed E-state index contributed by atoms with van der Waals surface area (Å²) >= 11 is 0. The van der Waals surface area contributed by atoms with Gasteiger partial charge in [-0.3, -0.25) is 0 Å². The highest BCUT2D eigenvalue weighted by Gasteiger charge is 2.19. The van der Waals surface area contributed by atoms with E-state index in [0.29, 0.717) is 12.6 Å². The average Bonchev–Trinajstić information content (AvgIpc) is 2.45. The fourth-order valence-electron chi connectivity index (χ4n) is 2.73. The van der Waals surface area contributed by atoms with E-state index in [4.69, 9.17) is 4.74 Å². The van der Waals surface area contributed by atoms with Crippen molar-refractivity contribution in [3.05, 3.63) is 29.8 Å². The van der Waals surface area contributed by atoms with E-state index in [1.54, 1.807) is 0 Å². The molecule has 0 amide bonds. The van der Waals surface area contributed by atoms with Crippen LogP contribution < -0.4 is 10.1 Å². The summed E-state index contributed by atoms with van der Waals surface area (Å²) < 4.78 is 5.77. The number of ether oxygens (including phenoxy) is 1. The molecule has 0 aromatic heterocycles. The molecule has 1 aromatic rings. The van der Waals surface area contributed by atoms with E-state index in [0.717, 1.165) is 18.2 Å². The maximum atomic E-state index is 5.77. The van der Waals surface area contributed by atoms with Gasteiger partial charge in [-0.05, 0) is 46.3 Å². The van der Waals surface area contributed by atoms with Crippen molar-refractivity contribution in [1.29, 1.82) is 0 Å². The molecule has 0 aliphatic carbocycles. The second-order valence-electron chi connectivity index (χ2n) is 6.23. The van der Waals surface area contributed by atoms with Gasteiger partial charge in [0.1, 0.15) is 5.75 Å². The number of nitrogens with zero attached hydrogens (tertiary/aromatic N) is 1. The van der Waals surface area contributed by atoms with Crippen molar-refractivity contribution in [3.63, 3.8) is 0 Å². The lowest BCUT2D eigenvalue weighted by Gasteiger charge is -2.30. The van der Waals surface area contributed by atoms with Gasteiger partial charge < -0.3 is 15.0 Å². The topological polar surface area (TPSA) is 24.5 Å². The van der Waals surface area contributed by atoms with Crippen LogP contribution in [0, 0.1) is 5.92 Å². The van der Waals surface area contributed by atoms with Crippen molar-refractivity contribution >= 4 is 0 Å². The molecule has 0 fully saturated rings. The molecule has 0 bridgehead atoms. The van der Waals surface area contributed by atoms with Crippen LogP contribution >= 0.6 is 0 Å². The molecule has 120 valence electrons. The number of benzene rings is 1. The van der Waals surface area contributed by atoms with Gasteiger partial charge in [0, 0.05) is 24.2 Å². The third kappa shape index (κ3) is 5.68. The Morgan fingerprint density at radius 3 is 2.43 bits per heavy atom. The zero-order valence-electron chi connectivity index (χ0n) is 14.5. The van der Waals surface area contributed by atoms with Crippen LogP contribution in [-0.4, -0.2) is 38.2 Å². The molecule has 0 radical (unpaired) electrons. The number of para-hydroxylation sites is 1. The molecular weight excluding hydrogens is 260 g/mol. The lowest BCUT2D eigenvalue weighted by molar-refractivity contribution is 0.206. The second kappa shape index (κ2) is 9.06. The summed E-state index contributed by atoms with van der Waals surface area (Å²) in [5, 5.41) is 3.43. The highest BCUT2D eigenvalue weighted by Crippen LogP contribution is 2.26. The first-order chi connectivity index (χ1) is 9.99. The molecule has 2 unspecified atom stereocenters. The standard InChI is InChI=1S/C18H32N2O/c1-7-21-18-11-9-8-10-16(18)17(19-5)13-20(6)15(4)12-14(2)3/h8-11,14-15,17,19H,7,12-13H2,1-6H3. The summed E-state index contributed by atoms with van der Waals surface area (Å²) in [4.78, 5) is 2.43. The van der Waals surface area contributed by atoms with Crippen LogP contribution in [0.4, 0.5) is 0 Å². The monoisotopic (exact) mass is 292 g/mol. The predicted molar refractivity (Wildman–Crippen MR) is 91.0 cm³/mol. The normalized spacial score (nSPS) is 14.5. The smallest absolute Gasteiger partial charge is 0.124 e. The quantitative estimate of drug-likeness (QED) is 0.751. The van der Waals surface area contributed by atoms with E-state index in [2.05, 4.69) is 56.2 Å². The molecule has 0 aliphatic heterocycles. The molecule has 0 aliphatic rings. The van der Waals surface area contributed by atoms with Crippen LogP contribution in [0.25, 0.3) is 0 Å². The summed E-state index contributed by atoms with van der Waals surface area (Å²) in [6.07, 6.45) is 1.22. The summed E-state index contributed by atoms with van der Waals surface area (Å²) in [5.41, 5.74) is 1.24. The first-order valence-electron chi connectivity index (χ1n) is 8.08. The van der Waals surface area contributed by atoms with Crippen molar-refractivity contribution in [3.8, 4) is 5.75 Å². The third-order valence-electron chi connectivity index (χ3n) is 3.98. The molecule has 0 saturated heterocycles. The van der Waals surface area contributed by atoms with E-state index in [1.807, 2.05) is 20.0 Å². The summed E-state index contributed by atoms with van der Waals surface area (Å²) in [6, 6.07) is 9.20. The van der Waals surface area contributed by atoms with Gasteiger partial charge in [-0.2, -0.15) is 0 Å². The minimum atomic E-state index is 0.285. The van der Waals surface area contributed by atoms with Gasteiger partial charge in [0.2, 0.25) is 0 Å². The Labute approximate surface area is 130 Å². The third-order valence-corrected chi connectivity index (χ3v) is 3.98. The summed E-state index contributed by atoms with van der Waals surface area (Å²) in [6.45, 7) is 10.6. The highest BCUT2D eigenvalue weighted by atomic mass is 16.5. The van der Waals surface area contributed by atoms with Gasteiger partial charge in [0.15, 0.2) is 0 Å². The first-order valence-corrected chi connectivity index (χ1v) is 8.08. The number of hydrogen-bond donors (Lipinski definition) is 1. The Bertz CT molecular complexity index is 406. The van der Waals surface area contributed by atoms with Gasteiger partial charge >= 0.3 is 0 Å². The van der Waals surface area contributed by atoms with Crippen LogP contribution in [0.2, 0.25) is 0 Å². The molecule has 1 rings (SSSR count). The van der Waals surface area contributed by atoms with Crippen LogP contribution in [0.5, 0.6) is 5.75 Å². The minimum Gasteiger partial charge on any atom is -0.494 e. The fraction of sp³-hybridized carbons (Fsp3) is 0.667. The van der Waals surface area contributed by atoms with Gasteiger partial charge in [-0.15, -0.1) is 0 Å². The fourth-order valence-corrected chi connectivity index (χ4v) is 2.73. The predicted octanol–water partition coefficient (Wildman–Crippen LogP) is 3.71. The molecule has 1 aromatic carbocycles. The van der Waals surface area contributed by atoms with Crippen molar-refractivity contribution in [2.24, 2.45) is 5.92 Å². The molecule has 0 spiro atoms. The van der Waals surface area contributed by atoms with Gasteiger partial charge in [-0.25, -0.2) is 0 Å². The Kier molecular flexibility index (Phi) is 7.76. The second-order valence-corrected chi connectivity index (χ2v) is 6.23. The Hall–Kier alpha value is -1.06. The number of likely N-dealkylation sites (N-methyl/N-ethyl adjacent to an activating group) is 2. The number of rotatable bonds is 9. The van der Waals surface area contributed by atoms with E-state index in [9.17, 15) is 0 Å². The van der Waals surface area contributed by atoms with E-state index in [-0.39, 0.29) is 6.04 Å². The zero-order chi connectivity index (χ0) is 15.8. The van der Waals surface area contributed by atoms with Gasteiger partial charge in [-0.1, -0.05) is 32.0 Å². The van der Waals surface area contributed by atoms with Crippen LogP contribution in [0.1, 0.15) is 45.7 Å². The summed E-state index contributed by atoms with van der Waals surface area (Å²) in [5.74, 6) is 1.72. The van der Waals surface area contributed by atoms with E-state index in [1.165, 1.54) is 12.0 Å². The molecule has 21 heavy (non-hydrogen) atoms. The van der Waals surface area contributed by atoms with Gasteiger partial charge in [0.25, 0.3) is 0 Å². The van der Waals surface area contributed by atoms with Crippen LogP contribution in [0.3, 0.4) is 0 Å². The van der Waals surface area contributed by atoms with Crippen molar-refractivity contribution in [1.82, 2.24) is 10.2 Å². The molecule has 3 heteroatoms. The van der Waals surface area contributed by atoms with Crippen molar-refractivity contribution in [2.75, 3.05) is 27.2 Å². The highest BCUT2D eigenvalue weighted by molar-refractivity contribution is 5.36. The Morgan fingerprint density at radius 2 is 1.86 bits per heavy atom. The lowest BCUT2D eigenvalue weighted by Crippen LogP contribution is -2.37. The van der Waals surface area contributed by atoms with E-state index < -0.39 is 0 Å².